The first-order chi connectivity index (χ1) is 6.12. The highest BCUT2D eigenvalue weighted by Gasteiger charge is 2.36. The summed E-state index contributed by atoms with van der Waals surface area (Å²) in [6, 6.07) is 0.394. The topological polar surface area (TPSA) is 17.8 Å². The molecule has 0 spiro atoms. The summed E-state index contributed by atoms with van der Waals surface area (Å²) in [6.07, 6.45) is -4.60. The van der Waals surface area contributed by atoms with Gasteiger partial charge in [-0.3, -0.25) is 0 Å². The van der Waals surface area contributed by atoms with Crippen LogP contribution in [0.3, 0.4) is 0 Å². The summed E-state index contributed by atoms with van der Waals surface area (Å²) >= 11 is 0. The van der Waals surface area contributed by atoms with Gasteiger partial charge >= 0.3 is 6.18 Å². The minimum absolute atomic E-state index is 0.394. The molecule has 1 aromatic rings. The lowest BCUT2D eigenvalue weighted by Crippen LogP contribution is -2.25. The van der Waals surface area contributed by atoms with Gasteiger partial charge in [-0.15, -0.1) is 0 Å². The van der Waals surface area contributed by atoms with E-state index in [9.17, 15) is 17.6 Å². The number of halogens is 4. The molecule has 0 saturated heterocycles. The third-order valence-electron chi connectivity index (χ3n) is 1.59. The fraction of sp³-hybridized carbons (Fsp3) is 0.625. The third kappa shape index (κ3) is 2.05. The number of alkyl halides is 3. The monoisotopic (exact) mass is 210 g/mol. The Morgan fingerprint density at radius 1 is 1.21 bits per heavy atom. The van der Waals surface area contributed by atoms with Crippen molar-refractivity contribution in [2.45, 2.75) is 32.5 Å². The molecule has 0 amide bonds. The molecular formula is C8H10F4N2. The Labute approximate surface area is 78.5 Å². The summed E-state index contributed by atoms with van der Waals surface area (Å²) in [5, 5.41) is 3.17. The molecule has 6 heteroatoms. The largest absolute Gasteiger partial charge is 0.435 e. The van der Waals surface area contributed by atoms with Crippen molar-refractivity contribution in [3.63, 3.8) is 0 Å². The van der Waals surface area contributed by atoms with E-state index in [0.29, 0.717) is 6.07 Å². The smallest absolute Gasteiger partial charge is 0.234 e. The third-order valence-corrected chi connectivity index (χ3v) is 1.59. The van der Waals surface area contributed by atoms with Gasteiger partial charge in [0.1, 0.15) is 0 Å². The predicted molar refractivity (Wildman–Crippen MR) is 42.2 cm³/mol. The van der Waals surface area contributed by atoms with E-state index in [0.717, 1.165) is 4.68 Å². The van der Waals surface area contributed by atoms with E-state index in [2.05, 4.69) is 5.10 Å². The maximum Gasteiger partial charge on any atom is 0.435 e. The van der Waals surface area contributed by atoms with Crippen molar-refractivity contribution in [1.82, 2.24) is 9.78 Å². The quantitative estimate of drug-likeness (QED) is 0.602. The highest BCUT2D eigenvalue weighted by Crippen LogP contribution is 2.29. The molecule has 80 valence electrons. The second kappa shape index (κ2) is 2.96. The van der Waals surface area contributed by atoms with Crippen LogP contribution in [0.4, 0.5) is 17.6 Å². The zero-order valence-electron chi connectivity index (χ0n) is 7.98. The minimum Gasteiger partial charge on any atom is -0.234 e. The van der Waals surface area contributed by atoms with Crippen molar-refractivity contribution < 1.29 is 17.6 Å². The Morgan fingerprint density at radius 3 is 1.93 bits per heavy atom. The molecule has 0 fully saturated rings. The molecule has 0 saturated carbocycles. The number of aromatic nitrogens is 2. The Bertz CT molecular complexity index is 332. The lowest BCUT2D eigenvalue weighted by Gasteiger charge is -2.19. The van der Waals surface area contributed by atoms with Crippen LogP contribution in [0.5, 0.6) is 0 Å². The first kappa shape index (κ1) is 11.0. The van der Waals surface area contributed by atoms with Crippen molar-refractivity contribution in [3.05, 3.63) is 17.7 Å². The molecule has 0 atom stereocenters. The van der Waals surface area contributed by atoms with E-state index in [1.807, 2.05) is 0 Å². The molecular weight excluding hydrogens is 200 g/mol. The summed E-state index contributed by atoms with van der Waals surface area (Å²) in [7, 11) is 0. The minimum atomic E-state index is -4.60. The fourth-order valence-corrected chi connectivity index (χ4v) is 0.967. The molecule has 1 heterocycles. The molecule has 0 radical (unpaired) electrons. The van der Waals surface area contributed by atoms with Gasteiger partial charge in [0.25, 0.3) is 0 Å². The first-order valence-corrected chi connectivity index (χ1v) is 3.95. The van der Waals surface area contributed by atoms with Crippen LogP contribution in [-0.2, 0) is 11.7 Å². The molecule has 1 aromatic heterocycles. The zero-order valence-corrected chi connectivity index (χ0v) is 7.98. The molecule has 0 aliphatic heterocycles. The van der Waals surface area contributed by atoms with Crippen LogP contribution in [0.15, 0.2) is 6.07 Å². The average molecular weight is 210 g/mol. The normalized spacial score (nSPS) is 13.4. The summed E-state index contributed by atoms with van der Waals surface area (Å²) in [4.78, 5) is 0. The fourth-order valence-electron chi connectivity index (χ4n) is 0.967. The second-order valence-corrected chi connectivity index (χ2v) is 3.93. The van der Waals surface area contributed by atoms with E-state index < -0.39 is 23.4 Å². The number of hydrogen-bond donors (Lipinski definition) is 0. The average Bonchev–Trinajstić information content (AvgIpc) is 2.27. The zero-order chi connectivity index (χ0) is 11.1. The van der Waals surface area contributed by atoms with Gasteiger partial charge in [-0.2, -0.15) is 22.7 Å². The Morgan fingerprint density at radius 2 is 1.71 bits per heavy atom. The van der Waals surface area contributed by atoms with Gasteiger partial charge < -0.3 is 0 Å². The van der Waals surface area contributed by atoms with Gasteiger partial charge in [-0.05, 0) is 20.8 Å². The number of nitrogens with zero attached hydrogens (tertiary/aromatic N) is 2. The van der Waals surface area contributed by atoms with Crippen LogP contribution < -0.4 is 0 Å². The van der Waals surface area contributed by atoms with Gasteiger partial charge in [0, 0.05) is 6.07 Å². The molecule has 1 rings (SSSR count). The van der Waals surface area contributed by atoms with Crippen LogP contribution in [0, 0.1) is 5.95 Å². The van der Waals surface area contributed by atoms with E-state index in [1.165, 1.54) is 0 Å². The van der Waals surface area contributed by atoms with Crippen LogP contribution in [0.1, 0.15) is 26.5 Å². The predicted octanol–water partition coefficient (Wildman–Crippen LogP) is 2.80. The second-order valence-electron chi connectivity index (χ2n) is 3.93. The Kier molecular flexibility index (Phi) is 2.33. The lowest BCUT2D eigenvalue weighted by atomic mass is 10.1. The summed E-state index contributed by atoms with van der Waals surface area (Å²) < 4.78 is 50.1. The molecule has 0 aliphatic rings. The molecule has 14 heavy (non-hydrogen) atoms. The highest BCUT2D eigenvalue weighted by atomic mass is 19.4. The van der Waals surface area contributed by atoms with Gasteiger partial charge in [0.15, 0.2) is 5.69 Å². The molecule has 0 aliphatic carbocycles. The van der Waals surface area contributed by atoms with E-state index in [4.69, 9.17) is 0 Å². The number of hydrogen-bond acceptors (Lipinski definition) is 1. The van der Waals surface area contributed by atoms with Crippen LogP contribution >= 0.6 is 0 Å². The van der Waals surface area contributed by atoms with Gasteiger partial charge in [0.2, 0.25) is 5.95 Å². The summed E-state index contributed by atoms with van der Waals surface area (Å²) in [6.45, 7) is 4.72. The molecule has 0 N–H and O–H groups in total. The van der Waals surface area contributed by atoms with E-state index in [1.54, 1.807) is 20.8 Å². The van der Waals surface area contributed by atoms with Gasteiger partial charge in [-0.1, -0.05) is 0 Å². The summed E-state index contributed by atoms with van der Waals surface area (Å²) in [5.74, 6) is -0.982. The Balaban J connectivity index is 3.19. The van der Waals surface area contributed by atoms with Crippen molar-refractivity contribution in [2.75, 3.05) is 0 Å². The number of rotatable bonds is 0. The van der Waals surface area contributed by atoms with Crippen LogP contribution in [0.25, 0.3) is 0 Å². The van der Waals surface area contributed by atoms with Gasteiger partial charge in [0.05, 0.1) is 5.54 Å². The van der Waals surface area contributed by atoms with Crippen molar-refractivity contribution in [1.29, 1.82) is 0 Å². The molecule has 0 bridgehead atoms. The summed E-state index contributed by atoms with van der Waals surface area (Å²) in [5.41, 5.74) is -2.00. The van der Waals surface area contributed by atoms with Gasteiger partial charge in [-0.25, -0.2) is 4.68 Å². The van der Waals surface area contributed by atoms with Crippen molar-refractivity contribution in [3.8, 4) is 0 Å². The van der Waals surface area contributed by atoms with Crippen molar-refractivity contribution in [2.24, 2.45) is 0 Å². The van der Waals surface area contributed by atoms with E-state index in [-0.39, 0.29) is 0 Å². The first-order valence-electron chi connectivity index (χ1n) is 3.95. The van der Waals surface area contributed by atoms with E-state index >= 15 is 0 Å². The highest BCUT2D eigenvalue weighted by molar-refractivity contribution is 5.06. The standard InChI is InChI=1S/C8H10F4N2/c1-7(2,3)14-6(9)4-5(13-14)8(10,11)12/h4H,1-3H3. The maximum atomic E-state index is 13.0. The molecule has 0 aromatic carbocycles. The van der Waals surface area contributed by atoms with Crippen molar-refractivity contribution >= 4 is 0 Å². The molecule has 0 unspecified atom stereocenters. The van der Waals surface area contributed by atoms with Crippen LogP contribution in [-0.4, -0.2) is 9.78 Å². The van der Waals surface area contributed by atoms with Crippen LogP contribution in [0.2, 0.25) is 0 Å². The Hall–Kier alpha value is -1.07. The lowest BCUT2D eigenvalue weighted by molar-refractivity contribution is -0.141. The SMILES string of the molecule is CC(C)(C)n1nc(C(F)(F)F)cc1F. The molecule has 2 nitrogen and oxygen atoms in total. The maximum absolute atomic E-state index is 13.0.